The highest BCUT2D eigenvalue weighted by Crippen LogP contribution is 2.26. The highest BCUT2D eigenvalue weighted by atomic mass is 15.2. The Hall–Kier alpha value is -1.03. The maximum absolute atomic E-state index is 5.87. The number of aromatic amines is 1. The molecule has 0 bridgehead atoms. The minimum atomic E-state index is 0.711. The zero-order valence-corrected chi connectivity index (χ0v) is 9.71. The number of nitrogens with one attached hydrogen (secondary N) is 1. The molecule has 1 saturated carbocycles. The molecule has 2 heterocycles. The second-order valence-electron chi connectivity index (χ2n) is 5.04. The van der Waals surface area contributed by atoms with Gasteiger partial charge in [0.15, 0.2) is 0 Å². The van der Waals surface area contributed by atoms with E-state index < -0.39 is 0 Å². The molecule has 1 aliphatic heterocycles. The fraction of sp³-hybridized carbons (Fsp3) is 0.750. The van der Waals surface area contributed by atoms with Gasteiger partial charge in [0.2, 0.25) is 0 Å². The van der Waals surface area contributed by atoms with Gasteiger partial charge in [0.05, 0.1) is 0 Å². The quantitative estimate of drug-likeness (QED) is 0.751. The van der Waals surface area contributed by atoms with Gasteiger partial charge in [-0.15, -0.1) is 0 Å². The van der Waals surface area contributed by atoms with E-state index in [1.807, 2.05) is 0 Å². The highest BCUT2D eigenvalue weighted by molar-refractivity contribution is 5.42. The first-order valence-electron chi connectivity index (χ1n) is 6.40. The minimum Gasteiger partial charge on any atom is -0.382 e. The zero-order chi connectivity index (χ0) is 11.0. The standard InChI is InChI=1S/C12H20N4/c13-12-10-5-7-16(9-3-1-2-4-9)8-6-11(10)14-15-12/h9H,1-8H2,(H3,13,14,15). The lowest BCUT2D eigenvalue weighted by atomic mass is 10.1. The first-order valence-corrected chi connectivity index (χ1v) is 6.40. The number of anilines is 1. The van der Waals surface area contributed by atoms with E-state index in [2.05, 4.69) is 15.1 Å². The number of H-pyrrole nitrogens is 1. The van der Waals surface area contributed by atoms with Crippen LogP contribution in [0.5, 0.6) is 0 Å². The van der Waals surface area contributed by atoms with Gasteiger partial charge in [-0.25, -0.2) is 0 Å². The average molecular weight is 220 g/mol. The molecule has 4 nitrogen and oxygen atoms in total. The average Bonchev–Trinajstić information content (AvgIpc) is 2.87. The molecule has 1 fully saturated rings. The first kappa shape index (κ1) is 10.1. The molecule has 0 radical (unpaired) electrons. The molecule has 0 spiro atoms. The Morgan fingerprint density at radius 3 is 2.75 bits per heavy atom. The molecule has 3 rings (SSSR count). The van der Waals surface area contributed by atoms with Crippen LogP contribution < -0.4 is 5.73 Å². The van der Waals surface area contributed by atoms with Gasteiger partial charge in [0, 0.05) is 36.8 Å². The van der Waals surface area contributed by atoms with E-state index in [1.54, 1.807) is 0 Å². The molecule has 16 heavy (non-hydrogen) atoms. The number of fused-ring (bicyclic) bond motifs is 1. The summed E-state index contributed by atoms with van der Waals surface area (Å²) in [6, 6.07) is 0.832. The first-order chi connectivity index (χ1) is 7.84. The van der Waals surface area contributed by atoms with Crippen molar-refractivity contribution in [3.8, 4) is 0 Å². The summed E-state index contributed by atoms with van der Waals surface area (Å²) in [5.41, 5.74) is 8.40. The maximum atomic E-state index is 5.87. The molecule has 88 valence electrons. The monoisotopic (exact) mass is 220 g/mol. The van der Waals surface area contributed by atoms with Crippen LogP contribution in [0.25, 0.3) is 0 Å². The van der Waals surface area contributed by atoms with Gasteiger partial charge < -0.3 is 5.73 Å². The van der Waals surface area contributed by atoms with Crippen LogP contribution in [0.4, 0.5) is 5.82 Å². The number of nitrogens with zero attached hydrogens (tertiary/aromatic N) is 2. The van der Waals surface area contributed by atoms with Gasteiger partial charge in [0.1, 0.15) is 5.82 Å². The van der Waals surface area contributed by atoms with E-state index in [1.165, 1.54) is 43.5 Å². The van der Waals surface area contributed by atoms with E-state index in [0.29, 0.717) is 5.82 Å². The maximum Gasteiger partial charge on any atom is 0.148 e. The SMILES string of the molecule is Nc1n[nH]c2c1CCN(C1CCCC1)CC2. The summed E-state index contributed by atoms with van der Waals surface area (Å²) < 4.78 is 0. The van der Waals surface area contributed by atoms with Crippen LogP contribution in [0.3, 0.4) is 0 Å². The molecule has 0 unspecified atom stereocenters. The smallest absolute Gasteiger partial charge is 0.148 e. The molecule has 4 heteroatoms. The molecule has 1 aromatic rings. The molecule has 3 N–H and O–H groups in total. The van der Waals surface area contributed by atoms with Gasteiger partial charge in [-0.05, 0) is 19.3 Å². The molecule has 1 aromatic heterocycles. The van der Waals surface area contributed by atoms with Crippen molar-refractivity contribution in [2.75, 3.05) is 18.8 Å². The molecule has 0 aromatic carbocycles. The molecule has 2 aliphatic rings. The number of aromatic nitrogens is 2. The lowest BCUT2D eigenvalue weighted by molar-refractivity contribution is 0.207. The predicted molar refractivity (Wildman–Crippen MR) is 64.2 cm³/mol. The van der Waals surface area contributed by atoms with Crippen molar-refractivity contribution in [1.82, 2.24) is 15.1 Å². The third-order valence-electron chi connectivity index (χ3n) is 4.12. The fourth-order valence-electron chi connectivity index (χ4n) is 3.16. The molecule has 1 aliphatic carbocycles. The summed E-state index contributed by atoms with van der Waals surface area (Å²) >= 11 is 0. The van der Waals surface area contributed by atoms with Crippen molar-refractivity contribution < 1.29 is 0 Å². The number of nitrogen functional groups attached to an aromatic ring is 1. The molecule has 0 saturated heterocycles. The molecule has 0 atom stereocenters. The van der Waals surface area contributed by atoms with Crippen LogP contribution in [0.2, 0.25) is 0 Å². The second-order valence-corrected chi connectivity index (χ2v) is 5.04. The fourth-order valence-corrected chi connectivity index (χ4v) is 3.16. The Kier molecular flexibility index (Phi) is 2.59. The minimum absolute atomic E-state index is 0.711. The van der Waals surface area contributed by atoms with Crippen LogP contribution in [-0.4, -0.2) is 34.2 Å². The van der Waals surface area contributed by atoms with Gasteiger partial charge >= 0.3 is 0 Å². The largest absolute Gasteiger partial charge is 0.382 e. The Morgan fingerprint density at radius 2 is 1.94 bits per heavy atom. The third-order valence-corrected chi connectivity index (χ3v) is 4.12. The van der Waals surface area contributed by atoms with Crippen molar-refractivity contribution in [2.45, 2.75) is 44.6 Å². The van der Waals surface area contributed by atoms with Crippen molar-refractivity contribution in [2.24, 2.45) is 0 Å². The Balaban J connectivity index is 1.72. The number of hydrogen-bond acceptors (Lipinski definition) is 3. The molecular weight excluding hydrogens is 200 g/mol. The molecule has 0 amide bonds. The Bertz CT molecular complexity index is 365. The van der Waals surface area contributed by atoms with Crippen LogP contribution >= 0.6 is 0 Å². The van der Waals surface area contributed by atoms with Crippen LogP contribution in [-0.2, 0) is 12.8 Å². The van der Waals surface area contributed by atoms with E-state index in [9.17, 15) is 0 Å². The van der Waals surface area contributed by atoms with Crippen LogP contribution in [0, 0.1) is 0 Å². The summed E-state index contributed by atoms with van der Waals surface area (Å²) in [4.78, 5) is 2.65. The van der Waals surface area contributed by atoms with E-state index in [0.717, 1.165) is 25.4 Å². The predicted octanol–water partition coefficient (Wildman–Crippen LogP) is 1.34. The number of hydrogen-bond donors (Lipinski definition) is 2. The number of rotatable bonds is 1. The highest BCUT2D eigenvalue weighted by Gasteiger charge is 2.25. The van der Waals surface area contributed by atoms with Crippen molar-refractivity contribution in [1.29, 1.82) is 0 Å². The second kappa shape index (κ2) is 4.09. The van der Waals surface area contributed by atoms with E-state index >= 15 is 0 Å². The number of nitrogens with two attached hydrogens (primary N) is 1. The normalized spacial score (nSPS) is 23.2. The Morgan fingerprint density at radius 1 is 1.19 bits per heavy atom. The van der Waals surface area contributed by atoms with Gasteiger partial charge in [-0.3, -0.25) is 10.00 Å². The summed E-state index contributed by atoms with van der Waals surface area (Å²) in [7, 11) is 0. The lowest BCUT2D eigenvalue weighted by Crippen LogP contribution is -2.35. The van der Waals surface area contributed by atoms with Crippen molar-refractivity contribution in [3.63, 3.8) is 0 Å². The third kappa shape index (κ3) is 1.71. The molecular formula is C12H20N4. The summed E-state index contributed by atoms with van der Waals surface area (Å²) in [5, 5.41) is 7.17. The van der Waals surface area contributed by atoms with E-state index in [4.69, 9.17) is 5.73 Å². The van der Waals surface area contributed by atoms with Gasteiger partial charge in [-0.1, -0.05) is 12.8 Å². The van der Waals surface area contributed by atoms with E-state index in [-0.39, 0.29) is 0 Å². The van der Waals surface area contributed by atoms with Crippen molar-refractivity contribution >= 4 is 5.82 Å². The summed E-state index contributed by atoms with van der Waals surface area (Å²) in [5.74, 6) is 0.711. The lowest BCUT2D eigenvalue weighted by Gasteiger charge is -2.26. The summed E-state index contributed by atoms with van der Waals surface area (Å²) in [6.07, 6.45) is 7.75. The summed E-state index contributed by atoms with van der Waals surface area (Å²) in [6.45, 7) is 2.32. The van der Waals surface area contributed by atoms with Gasteiger partial charge in [-0.2, -0.15) is 5.10 Å². The zero-order valence-electron chi connectivity index (χ0n) is 9.71. The Labute approximate surface area is 96.2 Å². The van der Waals surface area contributed by atoms with Gasteiger partial charge in [0.25, 0.3) is 0 Å². The topological polar surface area (TPSA) is 57.9 Å². The van der Waals surface area contributed by atoms with Crippen LogP contribution in [0.15, 0.2) is 0 Å². The van der Waals surface area contributed by atoms with Crippen LogP contribution in [0.1, 0.15) is 36.9 Å². The van der Waals surface area contributed by atoms with Crippen molar-refractivity contribution in [3.05, 3.63) is 11.3 Å².